The summed E-state index contributed by atoms with van der Waals surface area (Å²) in [6.45, 7) is 10.5. The normalized spacial score (nSPS) is 12.8. The fourth-order valence-corrected chi connectivity index (χ4v) is 3.47. The number of aromatic nitrogens is 1. The molecule has 0 saturated carbocycles. The van der Waals surface area contributed by atoms with Crippen molar-refractivity contribution >= 4 is 21.8 Å². The third-order valence-corrected chi connectivity index (χ3v) is 4.46. The fraction of sp³-hybridized carbons (Fsp3) is 0.238. The molecule has 0 aliphatic rings. The van der Waals surface area contributed by atoms with E-state index in [1.165, 1.54) is 26.7 Å². The zero-order valence-electron chi connectivity index (χ0n) is 14.0. The van der Waals surface area contributed by atoms with Gasteiger partial charge in [-0.05, 0) is 24.3 Å². The first-order chi connectivity index (χ1) is 11.7. The fourth-order valence-electron chi connectivity index (χ4n) is 3.47. The highest BCUT2D eigenvalue weighted by Gasteiger charge is 2.17. The van der Waals surface area contributed by atoms with E-state index in [9.17, 15) is 5.11 Å². The Bertz CT molecular complexity index is 786. The molecule has 0 radical (unpaired) electrons. The molecule has 3 rings (SSSR count). The summed E-state index contributed by atoms with van der Waals surface area (Å²) < 4.78 is 2.23. The Morgan fingerprint density at radius 2 is 1.42 bits per heavy atom. The van der Waals surface area contributed by atoms with E-state index < -0.39 is 6.10 Å². The van der Waals surface area contributed by atoms with Crippen LogP contribution in [0, 0.1) is 0 Å². The molecule has 3 aromatic rings. The molecule has 0 fully saturated rings. The lowest BCUT2D eigenvalue weighted by molar-refractivity contribution is -0.891. The van der Waals surface area contributed by atoms with E-state index in [4.69, 9.17) is 0 Å². The molecule has 124 valence electrons. The highest BCUT2D eigenvalue weighted by Crippen LogP contribution is 2.28. The smallest absolute Gasteiger partial charge is 0.121 e. The number of rotatable bonds is 8. The van der Waals surface area contributed by atoms with Crippen molar-refractivity contribution in [2.75, 3.05) is 19.6 Å². The van der Waals surface area contributed by atoms with Crippen LogP contribution in [-0.4, -0.2) is 35.4 Å². The van der Waals surface area contributed by atoms with Crippen LogP contribution in [0.1, 0.15) is 0 Å². The monoisotopic (exact) mass is 321 g/mol. The summed E-state index contributed by atoms with van der Waals surface area (Å²) in [6.07, 6.45) is 3.37. The van der Waals surface area contributed by atoms with Gasteiger partial charge in [0.25, 0.3) is 0 Å². The average Bonchev–Trinajstić information content (AvgIpc) is 2.90. The number of hydrogen-bond donors (Lipinski definition) is 2. The number of nitrogens with one attached hydrogen (secondary N) is 1. The highest BCUT2D eigenvalue weighted by molar-refractivity contribution is 6.07. The van der Waals surface area contributed by atoms with Crippen LogP contribution in [-0.2, 0) is 6.54 Å². The second kappa shape index (κ2) is 7.47. The van der Waals surface area contributed by atoms with Crippen molar-refractivity contribution in [1.82, 2.24) is 4.57 Å². The lowest BCUT2D eigenvalue weighted by Crippen LogP contribution is -3.12. The van der Waals surface area contributed by atoms with Gasteiger partial charge in [-0.3, -0.25) is 0 Å². The molecule has 0 aliphatic heterocycles. The lowest BCUT2D eigenvalue weighted by atomic mass is 10.2. The average molecular weight is 321 g/mol. The molecular formula is C21H25N2O+. The molecule has 2 aromatic carbocycles. The standard InChI is InChI=1S/C21H24N2O/c1-3-13-22(14-4-2)15-17(24)16-23-20-11-7-5-9-18(20)19-10-6-8-12-21(19)23/h3-12,17,24H,1-2,13-16H2/p+1. The molecular weight excluding hydrogens is 296 g/mol. The quantitative estimate of drug-likeness (QED) is 0.613. The molecule has 24 heavy (non-hydrogen) atoms. The van der Waals surface area contributed by atoms with Crippen molar-refractivity contribution in [2.24, 2.45) is 0 Å². The third-order valence-electron chi connectivity index (χ3n) is 4.46. The number of nitrogens with zero attached hydrogens (tertiary/aromatic N) is 1. The number of para-hydroxylation sites is 2. The summed E-state index contributed by atoms with van der Waals surface area (Å²) in [7, 11) is 0. The number of benzene rings is 2. The maximum absolute atomic E-state index is 10.7. The number of aliphatic hydroxyl groups excluding tert-OH is 1. The Labute approximate surface area is 143 Å². The van der Waals surface area contributed by atoms with E-state index in [2.05, 4.69) is 66.3 Å². The number of aliphatic hydroxyl groups is 1. The van der Waals surface area contributed by atoms with Gasteiger partial charge in [0, 0.05) is 21.8 Å². The molecule has 0 spiro atoms. The highest BCUT2D eigenvalue weighted by atomic mass is 16.3. The van der Waals surface area contributed by atoms with Crippen LogP contribution in [0.4, 0.5) is 0 Å². The predicted octanol–water partition coefficient (Wildman–Crippen LogP) is 2.41. The maximum atomic E-state index is 10.7. The van der Waals surface area contributed by atoms with E-state index in [1.54, 1.807) is 0 Å². The van der Waals surface area contributed by atoms with Crippen LogP contribution in [0.25, 0.3) is 21.8 Å². The van der Waals surface area contributed by atoms with E-state index in [0.29, 0.717) is 13.1 Å². The van der Waals surface area contributed by atoms with Gasteiger partial charge in [-0.15, -0.1) is 0 Å². The summed E-state index contributed by atoms with van der Waals surface area (Å²) in [6, 6.07) is 16.8. The topological polar surface area (TPSA) is 29.6 Å². The van der Waals surface area contributed by atoms with E-state index in [1.807, 2.05) is 12.2 Å². The molecule has 3 nitrogen and oxygen atoms in total. The van der Waals surface area contributed by atoms with Gasteiger partial charge in [0.15, 0.2) is 0 Å². The Hall–Kier alpha value is -2.36. The van der Waals surface area contributed by atoms with Crippen LogP contribution in [0.15, 0.2) is 73.8 Å². The SMILES string of the molecule is C=CC[NH+](CC=C)CC(O)Cn1c2ccccc2c2ccccc21. The molecule has 2 N–H and O–H groups in total. The van der Waals surface area contributed by atoms with E-state index in [-0.39, 0.29) is 0 Å². The Kier molecular flexibility index (Phi) is 5.14. The molecule has 1 aromatic heterocycles. The minimum atomic E-state index is -0.417. The zero-order valence-corrected chi connectivity index (χ0v) is 14.0. The van der Waals surface area contributed by atoms with Crippen LogP contribution < -0.4 is 4.90 Å². The number of fused-ring (bicyclic) bond motifs is 3. The molecule has 0 saturated heterocycles. The van der Waals surface area contributed by atoms with Crippen LogP contribution in [0.5, 0.6) is 0 Å². The third kappa shape index (κ3) is 3.28. The van der Waals surface area contributed by atoms with Crippen molar-refractivity contribution in [2.45, 2.75) is 12.6 Å². The lowest BCUT2D eigenvalue weighted by Gasteiger charge is -2.20. The first-order valence-electron chi connectivity index (χ1n) is 8.44. The van der Waals surface area contributed by atoms with Crippen molar-refractivity contribution in [3.05, 3.63) is 73.8 Å². The molecule has 1 atom stereocenters. The number of quaternary nitrogens is 1. The molecule has 3 heteroatoms. The van der Waals surface area contributed by atoms with Gasteiger partial charge in [0.05, 0.1) is 19.6 Å². The van der Waals surface area contributed by atoms with Gasteiger partial charge in [-0.25, -0.2) is 0 Å². The van der Waals surface area contributed by atoms with Crippen LogP contribution >= 0.6 is 0 Å². The first-order valence-corrected chi connectivity index (χ1v) is 8.44. The van der Waals surface area contributed by atoms with Crippen molar-refractivity contribution < 1.29 is 10.0 Å². The Morgan fingerprint density at radius 1 is 0.917 bits per heavy atom. The minimum Gasteiger partial charge on any atom is -0.385 e. The zero-order chi connectivity index (χ0) is 16.9. The Balaban J connectivity index is 1.91. The van der Waals surface area contributed by atoms with Gasteiger partial charge in [0.2, 0.25) is 0 Å². The van der Waals surface area contributed by atoms with Gasteiger partial charge >= 0.3 is 0 Å². The van der Waals surface area contributed by atoms with Crippen molar-refractivity contribution in [1.29, 1.82) is 0 Å². The van der Waals surface area contributed by atoms with Gasteiger partial charge in [-0.1, -0.05) is 49.6 Å². The molecule has 0 amide bonds. The maximum Gasteiger partial charge on any atom is 0.121 e. The number of hydrogen-bond acceptors (Lipinski definition) is 1. The van der Waals surface area contributed by atoms with Crippen LogP contribution in [0.3, 0.4) is 0 Å². The van der Waals surface area contributed by atoms with Crippen molar-refractivity contribution in [3.63, 3.8) is 0 Å². The Morgan fingerprint density at radius 3 is 1.92 bits per heavy atom. The minimum absolute atomic E-state index is 0.417. The summed E-state index contributed by atoms with van der Waals surface area (Å²) in [5.74, 6) is 0. The summed E-state index contributed by atoms with van der Waals surface area (Å²) >= 11 is 0. The van der Waals surface area contributed by atoms with Crippen LogP contribution in [0.2, 0.25) is 0 Å². The summed E-state index contributed by atoms with van der Waals surface area (Å²) in [4.78, 5) is 1.27. The second-order valence-corrected chi connectivity index (χ2v) is 6.24. The van der Waals surface area contributed by atoms with Crippen molar-refractivity contribution in [3.8, 4) is 0 Å². The molecule has 1 unspecified atom stereocenters. The predicted molar refractivity (Wildman–Crippen MR) is 101 cm³/mol. The second-order valence-electron chi connectivity index (χ2n) is 6.24. The summed E-state index contributed by atoms with van der Waals surface area (Å²) in [5, 5.41) is 13.1. The summed E-state index contributed by atoms with van der Waals surface area (Å²) in [5.41, 5.74) is 2.35. The molecule has 1 heterocycles. The van der Waals surface area contributed by atoms with Gasteiger partial charge in [0.1, 0.15) is 12.6 Å². The largest absolute Gasteiger partial charge is 0.385 e. The van der Waals surface area contributed by atoms with Gasteiger partial charge in [-0.2, -0.15) is 0 Å². The van der Waals surface area contributed by atoms with E-state index >= 15 is 0 Å². The van der Waals surface area contributed by atoms with E-state index in [0.717, 1.165) is 13.1 Å². The first kappa shape index (κ1) is 16.5. The molecule has 0 bridgehead atoms. The molecule has 0 aliphatic carbocycles. The van der Waals surface area contributed by atoms with Gasteiger partial charge < -0.3 is 14.6 Å².